The van der Waals surface area contributed by atoms with Crippen molar-refractivity contribution >= 4 is 11.8 Å². The topological polar surface area (TPSA) is 58.6 Å². The smallest absolute Gasteiger partial charge is 0.258 e. The molecule has 5 nitrogen and oxygen atoms in total. The van der Waals surface area contributed by atoms with Crippen LogP contribution in [-0.4, -0.2) is 41.9 Å². The first-order chi connectivity index (χ1) is 10.2. The highest BCUT2D eigenvalue weighted by Crippen LogP contribution is 2.12. The molecule has 1 rings (SSSR count). The number of rotatable bonds is 6. The molecule has 1 aromatic rings. The maximum atomic E-state index is 11.7. The lowest BCUT2D eigenvalue weighted by atomic mass is 10.1. The first kappa shape index (κ1) is 18.0. The van der Waals surface area contributed by atoms with E-state index in [-0.39, 0.29) is 24.0 Å². The molecule has 22 heavy (non-hydrogen) atoms. The summed E-state index contributed by atoms with van der Waals surface area (Å²) in [4.78, 5) is 25.1. The van der Waals surface area contributed by atoms with Crippen LogP contribution in [-0.2, 0) is 9.59 Å². The minimum Gasteiger partial charge on any atom is -0.484 e. The average molecular weight is 306 g/mol. The van der Waals surface area contributed by atoms with Crippen molar-refractivity contribution in [3.63, 3.8) is 0 Å². The number of hydrogen-bond acceptors (Lipinski definition) is 3. The Balaban J connectivity index is 2.34. The Hall–Kier alpha value is -2.04. The summed E-state index contributed by atoms with van der Waals surface area (Å²) in [6.45, 7) is 10.3. The summed E-state index contributed by atoms with van der Waals surface area (Å²) in [5.41, 5.74) is 0.887. The second-order valence-corrected chi connectivity index (χ2v) is 6.29. The van der Waals surface area contributed by atoms with E-state index in [4.69, 9.17) is 4.74 Å². The minimum absolute atomic E-state index is 0.00217. The molecule has 1 N–H and O–H groups in total. The molecular weight excluding hydrogens is 280 g/mol. The van der Waals surface area contributed by atoms with Gasteiger partial charge in [0.05, 0.1) is 0 Å². The third-order valence-electron chi connectivity index (χ3n) is 3.24. The molecule has 1 aromatic carbocycles. The van der Waals surface area contributed by atoms with Crippen molar-refractivity contribution in [3.8, 4) is 5.75 Å². The van der Waals surface area contributed by atoms with Gasteiger partial charge in [0, 0.05) is 25.6 Å². The lowest BCUT2D eigenvalue weighted by molar-refractivity contribution is -0.134. The quantitative estimate of drug-likeness (QED) is 0.876. The molecule has 0 radical (unpaired) electrons. The van der Waals surface area contributed by atoms with Crippen molar-refractivity contribution in [2.75, 3.05) is 19.7 Å². The van der Waals surface area contributed by atoms with Gasteiger partial charge >= 0.3 is 0 Å². The molecule has 0 aliphatic carbocycles. The third-order valence-corrected chi connectivity index (χ3v) is 3.24. The van der Waals surface area contributed by atoms with Crippen molar-refractivity contribution in [2.45, 2.75) is 40.2 Å². The molecule has 0 saturated heterocycles. The molecule has 0 unspecified atom stereocenters. The van der Waals surface area contributed by atoms with Gasteiger partial charge in [-0.05, 0) is 39.8 Å². The summed E-state index contributed by atoms with van der Waals surface area (Å²) in [5.74, 6) is 0.469. The maximum absolute atomic E-state index is 11.7. The minimum atomic E-state index is -0.255. The summed E-state index contributed by atoms with van der Waals surface area (Å²) in [7, 11) is 0. The molecule has 0 bridgehead atoms. The lowest BCUT2D eigenvalue weighted by Crippen LogP contribution is -2.48. The third kappa shape index (κ3) is 6.16. The van der Waals surface area contributed by atoms with Gasteiger partial charge in [0.1, 0.15) is 5.75 Å². The Morgan fingerprint density at radius 3 is 2.27 bits per heavy atom. The van der Waals surface area contributed by atoms with Crippen LogP contribution in [0.4, 0.5) is 0 Å². The fourth-order valence-corrected chi connectivity index (χ4v) is 2.11. The zero-order valence-electron chi connectivity index (χ0n) is 14.1. The van der Waals surface area contributed by atoms with E-state index in [0.29, 0.717) is 18.8 Å². The summed E-state index contributed by atoms with van der Waals surface area (Å²) in [5, 5.41) is 2.76. The van der Waals surface area contributed by atoms with Crippen LogP contribution in [0.15, 0.2) is 24.3 Å². The second kappa shape index (κ2) is 7.82. The SMILES string of the molecule is CC(=O)N(CCNC(=O)COc1ccc(C)cc1)C(C)(C)C. The average Bonchev–Trinajstić information content (AvgIpc) is 2.41. The number of nitrogens with zero attached hydrogens (tertiary/aromatic N) is 1. The molecule has 0 saturated carbocycles. The molecule has 0 aliphatic heterocycles. The van der Waals surface area contributed by atoms with Crippen molar-refractivity contribution in [3.05, 3.63) is 29.8 Å². The van der Waals surface area contributed by atoms with Gasteiger partial charge in [-0.2, -0.15) is 0 Å². The van der Waals surface area contributed by atoms with Crippen molar-refractivity contribution < 1.29 is 14.3 Å². The van der Waals surface area contributed by atoms with E-state index in [9.17, 15) is 9.59 Å². The number of nitrogens with one attached hydrogen (secondary N) is 1. The highest BCUT2D eigenvalue weighted by molar-refractivity contribution is 5.77. The molecule has 0 aromatic heterocycles. The highest BCUT2D eigenvalue weighted by atomic mass is 16.5. The molecule has 0 fully saturated rings. The van der Waals surface area contributed by atoms with Gasteiger partial charge in [-0.25, -0.2) is 0 Å². The van der Waals surface area contributed by atoms with E-state index < -0.39 is 0 Å². The normalized spacial score (nSPS) is 11.0. The van der Waals surface area contributed by atoms with Gasteiger partial charge in [0.15, 0.2) is 6.61 Å². The Morgan fingerprint density at radius 2 is 1.77 bits per heavy atom. The van der Waals surface area contributed by atoms with Crippen LogP contribution in [0.1, 0.15) is 33.3 Å². The molecule has 0 aliphatic rings. The van der Waals surface area contributed by atoms with Crippen LogP contribution in [0.3, 0.4) is 0 Å². The van der Waals surface area contributed by atoms with Gasteiger partial charge in [0.2, 0.25) is 5.91 Å². The molecule has 5 heteroatoms. The van der Waals surface area contributed by atoms with Crippen molar-refractivity contribution in [2.24, 2.45) is 0 Å². The van der Waals surface area contributed by atoms with E-state index >= 15 is 0 Å². The van der Waals surface area contributed by atoms with Gasteiger partial charge in [-0.15, -0.1) is 0 Å². The summed E-state index contributed by atoms with van der Waals surface area (Å²) >= 11 is 0. The number of benzene rings is 1. The van der Waals surface area contributed by atoms with Gasteiger partial charge in [0.25, 0.3) is 5.91 Å². The van der Waals surface area contributed by atoms with Gasteiger partial charge in [-0.3, -0.25) is 9.59 Å². The Labute approximate surface area is 132 Å². The number of carbonyl (C=O) groups is 2. The van der Waals surface area contributed by atoms with E-state index in [1.807, 2.05) is 52.0 Å². The van der Waals surface area contributed by atoms with Crippen LogP contribution < -0.4 is 10.1 Å². The Bertz CT molecular complexity index is 504. The van der Waals surface area contributed by atoms with Gasteiger partial charge < -0.3 is 15.0 Å². The predicted octanol–water partition coefficient (Wildman–Crippen LogP) is 2.14. The number of aryl methyl sites for hydroxylation is 1. The van der Waals surface area contributed by atoms with E-state index in [0.717, 1.165) is 5.56 Å². The van der Waals surface area contributed by atoms with Crippen LogP contribution in [0.5, 0.6) is 5.75 Å². The zero-order valence-corrected chi connectivity index (χ0v) is 14.1. The van der Waals surface area contributed by atoms with Crippen LogP contribution in [0.2, 0.25) is 0 Å². The molecular formula is C17H26N2O3. The first-order valence-electron chi connectivity index (χ1n) is 7.44. The van der Waals surface area contributed by atoms with Crippen LogP contribution >= 0.6 is 0 Å². The first-order valence-corrected chi connectivity index (χ1v) is 7.44. The fraction of sp³-hybridized carbons (Fsp3) is 0.529. The second-order valence-electron chi connectivity index (χ2n) is 6.29. The molecule has 0 heterocycles. The van der Waals surface area contributed by atoms with Crippen LogP contribution in [0.25, 0.3) is 0 Å². The lowest BCUT2D eigenvalue weighted by Gasteiger charge is -2.35. The predicted molar refractivity (Wildman–Crippen MR) is 86.8 cm³/mol. The van der Waals surface area contributed by atoms with Crippen molar-refractivity contribution in [1.82, 2.24) is 10.2 Å². The highest BCUT2D eigenvalue weighted by Gasteiger charge is 2.23. The largest absolute Gasteiger partial charge is 0.484 e. The molecule has 0 atom stereocenters. The number of hydrogen-bond donors (Lipinski definition) is 1. The molecule has 0 spiro atoms. The molecule has 2 amide bonds. The van der Waals surface area contributed by atoms with Crippen molar-refractivity contribution in [1.29, 1.82) is 0 Å². The number of ether oxygens (including phenoxy) is 1. The Morgan fingerprint density at radius 1 is 1.18 bits per heavy atom. The van der Waals surface area contributed by atoms with Gasteiger partial charge in [-0.1, -0.05) is 17.7 Å². The standard InChI is InChI=1S/C17H26N2O3/c1-13-6-8-15(9-7-13)22-12-16(21)18-10-11-19(14(2)20)17(3,4)5/h6-9H,10-12H2,1-5H3,(H,18,21). The van der Waals surface area contributed by atoms with E-state index in [2.05, 4.69) is 5.32 Å². The number of amides is 2. The Kier molecular flexibility index (Phi) is 6.40. The van der Waals surface area contributed by atoms with E-state index in [1.165, 1.54) is 6.92 Å². The monoisotopic (exact) mass is 306 g/mol. The molecule has 122 valence electrons. The maximum Gasteiger partial charge on any atom is 0.258 e. The zero-order chi connectivity index (χ0) is 16.8. The summed E-state index contributed by atoms with van der Waals surface area (Å²) in [6.07, 6.45) is 0. The summed E-state index contributed by atoms with van der Waals surface area (Å²) < 4.78 is 5.40. The number of carbonyl (C=O) groups excluding carboxylic acids is 2. The summed E-state index contributed by atoms with van der Waals surface area (Å²) in [6, 6.07) is 7.53. The van der Waals surface area contributed by atoms with E-state index in [1.54, 1.807) is 4.90 Å². The van der Waals surface area contributed by atoms with Crippen LogP contribution in [0, 0.1) is 6.92 Å². The fourth-order valence-electron chi connectivity index (χ4n) is 2.11.